The minimum atomic E-state index is -0.155. The zero-order chi connectivity index (χ0) is 14.9. The van der Waals surface area contributed by atoms with Gasteiger partial charge in [-0.25, -0.2) is 9.97 Å². The molecule has 0 saturated carbocycles. The molecule has 1 unspecified atom stereocenters. The van der Waals surface area contributed by atoms with Crippen LogP contribution in [0.3, 0.4) is 0 Å². The van der Waals surface area contributed by atoms with Crippen LogP contribution < -0.4 is 10.9 Å². The Kier molecular flexibility index (Phi) is 3.00. The van der Waals surface area contributed by atoms with E-state index in [1.807, 2.05) is 30.3 Å². The standard InChI is InChI=1S/C16H14N4O2/c21-15-14-12(18-9-19-15)7-6-11(20-14)13-8-17-16(22-13)10-4-2-1-3-5-10/h1-5,8-9,11,20H,6-7H2,(H,18,19,21). The normalized spacial score (nSPS) is 16.8. The lowest BCUT2D eigenvalue weighted by molar-refractivity contribution is 0.467. The maximum Gasteiger partial charge on any atom is 0.274 e. The van der Waals surface area contributed by atoms with Crippen LogP contribution in [0, 0.1) is 0 Å². The molecule has 4 rings (SSSR count). The molecule has 1 aliphatic heterocycles. The Morgan fingerprint density at radius 1 is 1.18 bits per heavy atom. The van der Waals surface area contributed by atoms with Crippen LogP contribution in [-0.2, 0) is 6.42 Å². The van der Waals surface area contributed by atoms with Gasteiger partial charge in [-0.1, -0.05) is 18.2 Å². The molecule has 0 amide bonds. The average Bonchev–Trinajstić information content (AvgIpc) is 3.06. The van der Waals surface area contributed by atoms with Gasteiger partial charge in [0, 0.05) is 5.56 Å². The second-order valence-corrected chi connectivity index (χ2v) is 5.22. The monoisotopic (exact) mass is 294 g/mol. The maximum atomic E-state index is 11.9. The highest BCUT2D eigenvalue weighted by atomic mass is 16.4. The minimum Gasteiger partial charge on any atom is -0.439 e. The molecule has 6 nitrogen and oxygen atoms in total. The summed E-state index contributed by atoms with van der Waals surface area (Å²) in [4.78, 5) is 23.0. The average molecular weight is 294 g/mol. The number of hydrogen-bond acceptors (Lipinski definition) is 5. The van der Waals surface area contributed by atoms with Gasteiger partial charge >= 0.3 is 0 Å². The molecule has 2 N–H and O–H groups in total. The van der Waals surface area contributed by atoms with Crippen molar-refractivity contribution in [1.29, 1.82) is 0 Å². The van der Waals surface area contributed by atoms with Crippen LogP contribution in [0.2, 0.25) is 0 Å². The van der Waals surface area contributed by atoms with Gasteiger partial charge in [-0.3, -0.25) is 4.79 Å². The van der Waals surface area contributed by atoms with Crippen LogP contribution in [0.25, 0.3) is 11.5 Å². The van der Waals surface area contributed by atoms with Crippen LogP contribution in [0.5, 0.6) is 0 Å². The first-order valence-corrected chi connectivity index (χ1v) is 7.15. The largest absolute Gasteiger partial charge is 0.439 e. The zero-order valence-corrected chi connectivity index (χ0v) is 11.7. The summed E-state index contributed by atoms with van der Waals surface area (Å²) >= 11 is 0. The SMILES string of the molecule is O=c1[nH]cnc2c1NC(c1cnc(-c3ccccc3)o1)CC2. The molecule has 0 radical (unpaired) electrons. The molecule has 1 atom stereocenters. The Hall–Kier alpha value is -2.89. The number of nitrogens with one attached hydrogen (secondary N) is 2. The number of hydrogen-bond donors (Lipinski definition) is 2. The summed E-state index contributed by atoms with van der Waals surface area (Å²) in [5, 5.41) is 3.21. The van der Waals surface area contributed by atoms with Gasteiger partial charge in [-0.15, -0.1) is 0 Å². The second kappa shape index (κ2) is 5.14. The van der Waals surface area contributed by atoms with E-state index in [0.29, 0.717) is 11.6 Å². The van der Waals surface area contributed by atoms with Crippen molar-refractivity contribution < 1.29 is 4.42 Å². The van der Waals surface area contributed by atoms with E-state index < -0.39 is 0 Å². The van der Waals surface area contributed by atoms with Crippen LogP contribution in [0.4, 0.5) is 5.69 Å². The van der Waals surface area contributed by atoms with Gasteiger partial charge < -0.3 is 14.7 Å². The van der Waals surface area contributed by atoms with Crippen LogP contribution in [0.15, 0.2) is 52.1 Å². The first-order valence-electron chi connectivity index (χ1n) is 7.15. The molecule has 2 aromatic heterocycles. The van der Waals surface area contributed by atoms with Gasteiger partial charge in [-0.2, -0.15) is 0 Å². The Balaban J connectivity index is 1.63. The van der Waals surface area contributed by atoms with E-state index in [4.69, 9.17) is 4.42 Å². The number of fused-ring (bicyclic) bond motifs is 1. The first kappa shape index (κ1) is 12.8. The van der Waals surface area contributed by atoms with E-state index in [1.165, 1.54) is 6.33 Å². The fourth-order valence-corrected chi connectivity index (χ4v) is 2.68. The van der Waals surface area contributed by atoms with Crippen molar-refractivity contribution in [1.82, 2.24) is 15.0 Å². The lowest BCUT2D eigenvalue weighted by atomic mass is 10.0. The number of aromatic amines is 1. The van der Waals surface area contributed by atoms with Crippen molar-refractivity contribution in [3.63, 3.8) is 0 Å². The second-order valence-electron chi connectivity index (χ2n) is 5.22. The molecule has 1 aliphatic rings. The number of aromatic nitrogens is 3. The first-order chi connectivity index (χ1) is 10.8. The number of benzene rings is 1. The van der Waals surface area contributed by atoms with Crippen molar-refractivity contribution >= 4 is 5.69 Å². The summed E-state index contributed by atoms with van der Waals surface area (Å²) in [5.74, 6) is 1.32. The van der Waals surface area contributed by atoms with Crippen molar-refractivity contribution in [2.45, 2.75) is 18.9 Å². The summed E-state index contributed by atoms with van der Waals surface area (Å²) < 4.78 is 5.86. The van der Waals surface area contributed by atoms with E-state index >= 15 is 0 Å². The summed E-state index contributed by atoms with van der Waals surface area (Å²) in [6.07, 6.45) is 4.70. The van der Waals surface area contributed by atoms with Gasteiger partial charge in [0.05, 0.1) is 24.3 Å². The Morgan fingerprint density at radius 2 is 2.05 bits per heavy atom. The number of rotatable bonds is 2. The van der Waals surface area contributed by atoms with Crippen LogP contribution in [0.1, 0.15) is 23.9 Å². The summed E-state index contributed by atoms with van der Waals surface area (Å²) in [7, 11) is 0. The maximum absolute atomic E-state index is 11.9. The zero-order valence-electron chi connectivity index (χ0n) is 11.7. The molecule has 6 heteroatoms. The van der Waals surface area contributed by atoms with Gasteiger partial charge in [0.15, 0.2) is 0 Å². The van der Waals surface area contributed by atoms with Crippen LogP contribution in [-0.4, -0.2) is 15.0 Å². The number of aryl methyl sites for hydroxylation is 1. The van der Waals surface area contributed by atoms with Crippen molar-refractivity contribution in [2.24, 2.45) is 0 Å². The van der Waals surface area contributed by atoms with E-state index in [2.05, 4.69) is 20.3 Å². The quantitative estimate of drug-likeness (QED) is 0.758. The highest BCUT2D eigenvalue weighted by molar-refractivity contribution is 5.53. The Labute approximate surface area is 126 Å². The predicted molar refractivity (Wildman–Crippen MR) is 81.5 cm³/mol. The predicted octanol–water partition coefficient (Wildman–Crippen LogP) is 2.52. The third kappa shape index (κ3) is 2.18. The third-order valence-electron chi connectivity index (χ3n) is 3.81. The summed E-state index contributed by atoms with van der Waals surface area (Å²) in [5.41, 5.74) is 2.10. The van der Waals surface area contributed by atoms with Crippen LogP contribution >= 0.6 is 0 Å². The molecule has 0 saturated heterocycles. The molecule has 22 heavy (non-hydrogen) atoms. The van der Waals surface area contributed by atoms with Gasteiger partial charge in [0.25, 0.3) is 5.56 Å². The molecular weight excluding hydrogens is 280 g/mol. The molecule has 3 heterocycles. The summed E-state index contributed by atoms with van der Waals surface area (Å²) in [6.45, 7) is 0. The molecule has 110 valence electrons. The highest BCUT2D eigenvalue weighted by Crippen LogP contribution is 2.31. The van der Waals surface area contributed by atoms with Gasteiger partial charge in [0.1, 0.15) is 11.4 Å². The lowest BCUT2D eigenvalue weighted by Crippen LogP contribution is -2.25. The molecule has 0 aliphatic carbocycles. The molecule has 0 bridgehead atoms. The van der Waals surface area contributed by atoms with E-state index in [1.54, 1.807) is 6.20 Å². The molecule has 3 aromatic rings. The smallest absolute Gasteiger partial charge is 0.274 e. The molecule has 1 aromatic carbocycles. The number of nitrogens with zero attached hydrogens (tertiary/aromatic N) is 2. The van der Waals surface area contributed by atoms with Crippen molar-refractivity contribution in [3.8, 4) is 11.5 Å². The van der Waals surface area contributed by atoms with E-state index in [0.717, 1.165) is 29.9 Å². The number of H-pyrrole nitrogens is 1. The molecule has 0 spiro atoms. The minimum absolute atomic E-state index is 0.0669. The Morgan fingerprint density at radius 3 is 2.91 bits per heavy atom. The number of anilines is 1. The topological polar surface area (TPSA) is 83.8 Å². The Bertz CT molecular complexity index is 854. The summed E-state index contributed by atoms with van der Waals surface area (Å²) in [6, 6.07) is 9.68. The van der Waals surface area contributed by atoms with Gasteiger partial charge in [0.2, 0.25) is 5.89 Å². The fraction of sp³-hybridized carbons (Fsp3) is 0.188. The highest BCUT2D eigenvalue weighted by Gasteiger charge is 2.25. The lowest BCUT2D eigenvalue weighted by Gasteiger charge is -2.23. The van der Waals surface area contributed by atoms with Crippen molar-refractivity contribution in [3.05, 3.63) is 64.7 Å². The fourth-order valence-electron chi connectivity index (χ4n) is 2.68. The van der Waals surface area contributed by atoms with Gasteiger partial charge in [-0.05, 0) is 25.0 Å². The molecule has 0 fully saturated rings. The van der Waals surface area contributed by atoms with Crippen molar-refractivity contribution in [2.75, 3.05) is 5.32 Å². The third-order valence-corrected chi connectivity index (χ3v) is 3.81. The van der Waals surface area contributed by atoms with E-state index in [-0.39, 0.29) is 11.6 Å². The van der Waals surface area contributed by atoms with E-state index in [9.17, 15) is 4.79 Å². The molecular formula is C16H14N4O2. The number of oxazole rings is 1.